The number of unbranched alkanes of at least 4 members (excludes halogenated alkanes) is 7. The van der Waals surface area contributed by atoms with Crippen molar-refractivity contribution in [3.63, 3.8) is 0 Å². The van der Waals surface area contributed by atoms with Crippen LogP contribution in [0.2, 0.25) is 0 Å². The fraction of sp³-hybridized carbons (Fsp3) is 0.846. The van der Waals surface area contributed by atoms with Gasteiger partial charge in [-0.3, -0.25) is 5.10 Å². The van der Waals surface area contributed by atoms with Crippen LogP contribution in [0.5, 0.6) is 0 Å². The second-order valence-electron chi connectivity index (χ2n) is 4.58. The molecule has 0 aliphatic carbocycles. The van der Waals surface area contributed by atoms with Crippen LogP contribution in [0.4, 0.5) is 0 Å². The Labute approximate surface area is 105 Å². The zero-order valence-corrected chi connectivity index (χ0v) is 11.0. The molecule has 17 heavy (non-hydrogen) atoms. The summed E-state index contributed by atoms with van der Waals surface area (Å²) in [5.74, 6) is 0.921. The third-order valence-electron chi connectivity index (χ3n) is 2.96. The number of H-pyrrole nitrogens is 1. The van der Waals surface area contributed by atoms with Gasteiger partial charge in [0.15, 0.2) is 0 Å². The number of hydrogen-bond acceptors (Lipinski definition) is 3. The molecule has 0 aromatic carbocycles. The number of hydrogen-bond donors (Lipinski definition) is 2. The monoisotopic (exact) mass is 238 g/mol. The molecule has 1 aromatic heterocycles. The van der Waals surface area contributed by atoms with Gasteiger partial charge in [0, 0.05) is 0 Å². The Morgan fingerprint density at radius 1 is 1.06 bits per heavy atom. The van der Waals surface area contributed by atoms with Crippen LogP contribution in [0.15, 0.2) is 6.33 Å². The standard InChI is InChI=1S/C13H26N4/c1-2-3-4-5-6-7-8-9-10-14-11-13-15-12-16-17-13/h12,14H,2-11H2,1H3,(H,15,16,17). The van der Waals surface area contributed by atoms with Gasteiger partial charge in [0.25, 0.3) is 0 Å². The van der Waals surface area contributed by atoms with Gasteiger partial charge in [-0.1, -0.05) is 51.9 Å². The minimum absolute atomic E-state index is 0.802. The summed E-state index contributed by atoms with van der Waals surface area (Å²) in [6, 6.07) is 0. The van der Waals surface area contributed by atoms with E-state index in [9.17, 15) is 0 Å². The predicted octanol–water partition coefficient (Wildman–Crippen LogP) is 3.04. The molecule has 1 rings (SSSR count). The maximum Gasteiger partial charge on any atom is 0.138 e. The Kier molecular flexibility index (Phi) is 8.55. The molecule has 0 amide bonds. The smallest absolute Gasteiger partial charge is 0.138 e. The lowest BCUT2D eigenvalue weighted by atomic mass is 10.1. The highest BCUT2D eigenvalue weighted by atomic mass is 15.2. The van der Waals surface area contributed by atoms with E-state index in [2.05, 4.69) is 27.4 Å². The molecular formula is C13H26N4. The van der Waals surface area contributed by atoms with Crippen LogP contribution in [0.25, 0.3) is 0 Å². The number of nitrogens with one attached hydrogen (secondary N) is 2. The first-order chi connectivity index (χ1) is 8.43. The Morgan fingerprint density at radius 2 is 1.76 bits per heavy atom. The zero-order valence-electron chi connectivity index (χ0n) is 11.0. The molecule has 0 fully saturated rings. The largest absolute Gasteiger partial charge is 0.310 e. The van der Waals surface area contributed by atoms with Gasteiger partial charge in [0.05, 0.1) is 6.54 Å². The Bertz CT molecular complexity index is 246. The summed E-state index contributed by atoms with van der Waals surface area (Å²) in [7, 11) is 0. The maximum atomic E-state index is 4.06. The number of rotatable bonds is 11. The van der Waals surface area contributed by atoms with Gasteiger partial charge in [-0.25, -0.2) is 4.98 Å². The highest BCUT2D eigenvalue weighted by molar-refractivity contribution is 4.77. The van der Waals surface area contributed by atoms with Crippen LogP contribution >= 0.6 is 0 Å². The lowest BCUT2D eigenvalue weighted by Gasteiger charge is -2.03. The molecule has 0 saturated heterocycles. The fourth-order valence-electron chi connectivity index (χ4n) is 1.91. The van der Waals surface area contributed by atoms with E-state index in [0.717, 1.165) is 18.9 Å². The minimum Gasteiger partial charge on any atom is -0.310 e. The summed E-state index contributed by atoms with van der Waals surface area (Å²) >= 11 is 0. The summed E-state index contributed by atoms with van der Waals surface area (Å²) in [6.07, 6.45) is 12.5. The van der Waals surface area contributed by atoms with Crippen molar-refractivity contribution in [3.05, 3.63) is 12.2 Å². The molecule has 0 radical (unpaired) electrons. The molecule has 1 aromatic rings. The van der Waals surface area contributed by atoms with Gasteiger partial charge < -0.3 is 5.32 Å². The van der Waals surface area contributed by atoms with Gasteiger partial charge in [-0.2, -0.15) is 5.10 Å². The first-order valence-electron chi connectivity index (χ1n) is 6.98. The Balaban J connectivity index is 1.76. The topological polar surface area (TPSA) is 53.6 Å². The highest BCUT2D eigenvalue weighted by Crippen LogP contribution is 2.07. The van der Waals surface area contributed by atoms with Crippen molar-refractivity contribution in [1.82, 2.24) is 20.5 Å². The van der Waals surface area contributed by atoms with Crippen LogP contribution in [0.1, 0.15) is 64.1 Å². The van der Waals surface area contributed by atoms with Gasteiger partial charge in [-0.15, -0.1) is 0 Å². The molecule has 0 spiro atoms. The number of nitrogens with zero attached hydrogens (tertiary/aromatic N) is 2. The third kappa shape index (κ3) is 7.91. The molecule has 0 unspecified atom stereocenters. The van der Waals surface area contributed by atoms with Gasteiger partial charge in [0.1, 0.15) is 12.2 Å². The predicted molar refractivity (Wildman–Crippen MR) is 70.7 cm³/mol. The molecule has 1 heterocycles. The van der Waals surface area contributed by atoms with E-state index in [1.54, 1.807) is 6.33 Å². The maximum absolute atomic E-state index is 4.06. The molecular weight excluding hydrogens is 212 g/mol. The van der Waals surface area contributed by atoms with Crippen molar-refractivity contribution in [1.29, 1.82) is 0 Å². The minimum atomic E-state index is 0.802. The first kappa shape index (κ1) is 14.2. The molecule has 0 bridgehead atoms. The van der Waals surface area contributed by atoms with Crippen LogP contribution in [-0.4, -0.2) is 21.7 Å². The van der Waals surface area contributed by atoms with E-state index in [1.807, 2.05) is 0 Å². The first-order valence-corrected chi connectivity index (χ1v) is 6.98. The number of aromatic amines is 1. The second-order valence-corrected chi connectivity index (χ2v) is 4.58. The Morgan fingerprint density at radius 3 is 2.41 bits per heavy atom. The van der Waals surface area contributed by atoms with Crippen molar-refractivity contribution in [2.24, 2.45) is 0 Å². The SMILES string of the molecule is CCCCCCCCCCNCc1ncn[nH]1. The van der Waals surface area contributed by atoms with Crippen molar-refractivity contribution in [2.75, 3.05) is 6.54 Å². The van der Waals surface area contributed by atoms with Gasteiger partial charge in [0.2, 0.25) is 0 Å². The van der Waals surface area contributed by atoms with Crippen molar-refractivity contribution in [3.8, 4) is 0 Å². The van der Waals surface area contributed by atoms with Crippen molar-refractivity contribution >= 4 is 0 Å². The zero-order chi connectivity index (χ0) is 12.2. The van der Waals surface area contributed by atoms with E-state index in [0.29, 0.717) is 0 Å². The average Bonchev–Trinajstić information content (AvgIpc) is 2.85. The van der Waals surface area contributed by atoms with E-state index < -0.39 is 0 Å². The summed E-state index contributed by atoms with van der Waals surface area (Å²) in [5, 5.41) is 10.0. The molecule has 2 N–H and O–H groups in total. The molecule has 4 nitrogen and oxygen atoms in total. The quantitative estimate of drug-likeness (QED) is 0.583. The molecule has 0 atom stereocenters. The summed E-state index contributed by atoms with van der Waals surface area (Å²) < 4.78 is 0. The fourth-order valence-corrected chi connectivity index (χ4v) is 1.91. The van der Waals surface area contributed by atoms with Gasteiger partial charge >= 0.3 is 0 Å². The number of aromatic nitrogens is 3. The molecule has 0 aliphatic rings. The van der Waals surface area contributed by atoms with Gasteiger partial charge in [-0.05, 0) is 13.0 Å². The normalized spacial score (nSPS) is 10.9. The highest BCUT2D eigenvalue weighted by Gasteiger charge is 1.94. The summed E-state index contributed by atoms with van der Waals surface area (Å²) in [4.78, 5) is 4.06. The van der Waals surface area contributed by atoms with E-state index in [-0.39, 0.29) is 0 Å². The van der Waals surface area contributed by atoms with E-state index in [4.69, 9.17) is 0 Å². The van der Waals surface area contributed by atoms with Crippen molar-refractivity contribution < 1.29 is 0 Å². The lowest BCUT2D eigenvalue weighted by Crippen LogP contribution is -2.15. The molecule has 98 valence electrons. The third-order valence-corrected chi connectivity index (χ3v) is 2.96. The Hall–Kier alpha value is -0.900. The van der Waals surface area contributed by atoms with Crippen LogP contribution < -0.4 is 5.32 Å². The van der Waals surface area contributed by atoms with Crippen LogP contribution in [0.3, 0.4) is 0 Å². The van der Waals surface area contributed by atoms with Crippen LogP contribution in [-0.2, 0) is 6.54 Å². The average molecular weight is 238 g/mol. The van der Waals surface area contributed by atoms with E-state index >= 15 is 0 Å². The summed E-state index contributed by atoms with van der Waals surface area (Å²) in [5.41, 5.74) is 0. The lowest BCUT2D eigenvalue weighted by molar-refractivity contribution is 0.551. The van der Waals surface area contributed by atoms with Crippen molar-refractivity contribution in [2.45, 2.75) is 64.8 Å². The molecule has 4 heteroatoms. The molecule has 0 saturated carbocycles. The molecule has 0 aliphatic heterocycles. The van der Waals surface area contributed by atoms with Crippen LogP contribution in [0, 0.1) is 0 Å². The second kappa shape index (κ2) is 10.3. The summed E-state index contributed by atoms with van der Waals surface area (Å²) in [6.45, 7) is 4.15. The van der Waals surface area contributed by atoms with E-state index in [1.165, 1.54) is 51.4 Å².